The maximum absolute atomic E-state index is 3.22. The molecule has 2 rings (SSSR count). The topological polar surface area (TPSA) is 15.3 Å². The fourth-order valence-electron chi connectivity index (χ4n) is 2.21. The molecule has 82 valence electrons. The van der Waals surface area contributed by atoms with Crippen molar-refractivity contribution in [3.8, 4) is 0 Å². The highest BCUT2D eigenvalue weighted by Gasteiger charge is 2.21. The Labute approximate surface area is 92.3 Å². The van der Waals surface area contributed by atoms with Crippen LogP contribution in [0.3, 0.4) is 0 Å². The van der Waals surface area contributed by atoms with Gasteiger partial charge in [-0.25, -0.2) is 0 Å². The Bertz CT molecular complexity index is 297. The first kappa shape index (κ1) is 10.7. The van der Waals surface area contributed by atoms with Crippen molar-refractivity contribution in [2.45, 2.75) is 32.5 Å². The molecule has 1 aliphatic heterocycles. The SMILES string of the molecule is CNCCC(C)N1Cc2ccccc2C1. The first-order valence-electron chi connectivity index (χ1n) is 5.76. The molecule has 1 N–H and O–H groups in total. The summed E-state index contributed by atoms with van der Waals surface area (Å²) in [6.45, 7) is 5.68. The van der Waals surface area contributed by atoms with Gasteiger partial charge in [0.2, 0.25) is 0 Å². The van der Waals surface area contributed by atoms with E-state index in [2.05, 4.69) is 41.4 Å². The van der Waals surface area contributed by atoms with Crippen LogP contribution in [0.4, 0.5) is 0 Å². The summed E-state index contributed by atoms with van der Waals surface area (Å²) in [6.07, 6.45) is 1.23. The van der Waals surface area contributed by atoms with Crippen molar-refractivity contribution in [3.05, 3.63) is 35.4 Å². The molecule has 0 bridgehead atoms. The normalized spacial score (nSPS) is 17.7. The Kier molecular flexibility index (Phi) is 3.39. The Hall–Kier alpha value is -0.860. The molecule has 0 saturated heterocycles. The zero-order valence-corrected chi connectivity index (χ0v) is 9.66. The van der Waals surface area contributed by atoms with Crippen LogP contribution in [-0.4, -0.2) is 24.5 Å². The summed E-state index contributed by atoms with van der Waals surface area (Å²) < 4.78 is 0. The number of rotatable bonds is 4. The molecule has 2 heteroatoms. The molecule has 0 aliphatic carbocycles. The lowest BCUT2D eigenvalue weighted by Crippen LogP contribution is -2.30. The summed E-state index contributed by atoms with van der Waals surface area (Å²) >= 11 is 0. The monoisotopic (exact) mass is 204 g/mol. The number of nitrogens with one attached hydrogen (secondary N) is 1. The Morgan fingerprint density at radius 3 is 2.40 bits per heavy atom. The van der Waals surface area contributed by atoms with Gasteiger partial charge in [0, 0.05) is 19.1 Å². The average Bonchev–Trinajstić information content (AvgIpc) is 2.69. The summed E-state index contributed by atoms with van der Waals surface area (Å²) in [7, 11) is 2.02. The molecule has 1 heterocycles. The van der Waals surface area contributed by atoms with Crippen molar-refractivity contribution in [1.82, 2.24) is 10.2 Å². The number of nitrogens with zero attached hydrogens (tertiary/aromatic N) is 1. The van der Waals surface area contributed by atoms with E-state index in [1.807, 2.05) is 7.05 Å². The van der Waals surface area contributed by atoms with E-state index in [1.165, 1.54) is 17.5 Å². The summed E-state index contributed by atoms with van der Waals surface area (Å²) in [5.41, 5.74) is 3.02. The van der Waals surface area contributed by atoms with Crippen molar-refractivity contribution in [2.24, 2.45) is 0 Å². The van der Waals surface area contributed by atoms with E-state index in [-0.39, 0.29) is 0 Å². The van der Waals surface area contributed by atoms with Gasteiger partial charge in [-0.05, 0) is 38.1 Å². The van der Waals surface area contributed by atoms with Gasteiger partial charge in [-0.1, -0.05) is 24.3 Å². The second kappa shape index (κ2) is 4.77. The van der Waals surface area contributed by atoms with Crippen LogP contribution in [0.5, 0.6) is 0 Å². The average molecular weight is 204 g/mol. The first-order valence-corrected chi connectivity index (χ1v) is 5.76. The molecule has 0 saturated carbocycles. The van der Waals surface area contributed by atoms with Gasteiger partial charge >= 0.3 is 0 Å². The molecule has 0 amide bonds. The van der Waals surface area contributed by atoms with Crippen molar-refractivity contribution in [3.63, 3.8) is 0 Å². The number of fused-ring (bicyclic) bond motifs is 1. The fraction of sp³-hybridized carbons (Fsp3) is 0.538. The van der Waals surface area contributed by atoms with E-state index in [0.29, 0.717) is 6.04 Å². The largest absolute Gasteiger partial charge is 0.320 e. The number of hydrogen-bond donors (Lipinski definition) is 1. The minimum Gasteiger partial charge on any atom is -0.320 e. The molecule has 0 spiro atoms. The third-order valence-corrected chi connectivity index (χ3v) is 3.30. The predicted octanol–water partition coefficient (Wildman–Crippen LogP) is 2.00. The second-order valence-corrected chi connectivity index (χ2v) is 4.41. The van der Waals surface area contributed by atoms with Gasteiger partial charge in [0.1, 0.15) is 0 Å². The van der Waals surface area contributed by atoms with Crippen molar-refractivity contribution < 1.29 is 0 Å². The van der Waals surface area contributed by atoms with Gasteiger partial charge in [0.25, 0.3) is 0 Å². The molecule has 1 aromatic rings. The highest BCUT2D eigenvalue weighted by molar-refractivity contribution is 5.30. The first-order chi connectivity index (χ1) is 7.31. The zero-order valence-electron chi connectivity index (χ0n) is 9.66. The minimum atomic E-state index is 0.671. The van der Waals surface area contributed by atoms with Gasteiger partial charge in [-0.2, -0.15) is 0 Å². The Balaban J connectivity index is 1.94. The quantitative estimate of drug-likeness (QED) is 0.807. The van der Waals surface area contributed by atoms with Crippen LogP contribution >= 0.6 is 0 Å². The lowest BCUT2D eigenvalue weighted by atomic mass is 10.1. The third-order valence-electron chi connectivity index (χ3n) is 3.30. The van der Waals surface area contributed by atoms with E-state index in [0.717, 1.165) is 19.6 Å². The molecule has 1 unspecified atom stereocenters. The van der Waals surface area contributed by atoms with Crippen LogP contribution in [0.15, 0.2) is 24.3 Å². The Morgan fingerprint density at radius 2 is 1.87 bits per heavy atom. The fourth-order valence-corrected chi connectivity index (χ4v) is 2.21. The van der Waals surface area contributed by atoms with Gasteiger partial charge < -0.3 is 5.32 Å². The molecule has 0 radical (unpaired) electrons. The smallest absolute Gasteiger partial charge is 0.0243 e. The number of benzene rings is 1. The molecule has 1 atom stereocenters. The molecular weight excluding hydrogens is 184 g/mol. The maximum atomic E-state index is 3.22. The van der Waals surface area contributed by atoms with E-state index in [9.17, 15) is 0 Å². The molecule has 2 nitrogen and oxygen atoms in total. The molecule has 0 fully saturated rings. The summed E-state index contributed by atoms with van der Waals surface area (Å²) in [5, 5.41) is 3.22. The molecule has 15 heavy (non-hydrogen) atoms. The van der Waals surface area contributed by atoms with Crippen LogP contribution in [0, 0.1) is 0 Å². The van der Waals surface area contributed by atoms with E-state index in [4.69, 9.17) is 0 Å². The maximum Gasteiger partial charge on any atom is 0.0243 e. The minimum absolute atomic E-state index is 0.671. The van der Waals surface area contributed by atoms with E-state index < -0.39 is 0 Å². The summed E-state index contributed by atoms with van der Waals surface area (Å²) in [6, 6.07) is 9.45. The molecule has 1 aromatic carbocycles. The summed E-state index contributed by atoms with van der Waals surface area (Å²) in [5.74, 6) is 0. The molecule has 1 aliphatic rings. The standard InChI is InChI=1S/C13H20N2/c1-11(7-8-14-2)15-9-12-5-3-4-6-13(12)10-15/h3-6,11,14H,7-10H2,1-2H3. The van der Waals surface area contributed by atoms with Crippen molar-refractivity contribution in [2.75, 3.05) is 13.6 Å². The molecular formula is C13H20N2. The van der Waals surface area contributed by atoms with E-state index in [1.54, 1.807) is 0 Å². The lowest BCUT2D eigenvalue weighted by molar-refractivity contribution is 0.203. The number of hydrogen-bond acceptors (Lipinski definition) is 2. The highest BCUT2D eigenvalue weighted by Crippen LogP contribution is 2.24. The van der Waals surface area contributed by atoms with Gasteiger partial charge in [0.15, 0.2) is 0 Å². The van der Waals surface area contributed by atoms with E-state index >= 15 is 0 Å². The van der Waals surface area contributed by atoms with Crippen molar-refractivity contribution in [1.29, 1.82) is 0 Å². The van der Waals surface area contributed by atoms with Crippen LogP contribution in [0.2, 0.25) is 0 Å². The highest BCUT2D eigenvalue weighted by atomic mass is 15.2. The zero-order chi connectivity index (χ0) is 10.7. The summed E-state index contributed by atoms with van der Waals surface area (Å²) in [4.78, 5) is 2.56. The van der Waals surface area contributed by atoms with Crippen LogP contribution in [0.1, 0.15) is 24.5 Å². The third kappa shape index (κ3) is 2.39. The van der Waals surface area contributed by atoms with Gasteiger partial charge in [-0.3, -0.25) is 4.90 Å². The van der Waals surface area contributed by atoms with Crippen LogP contribution in [0.25, 0.3) is 0 Å². The van der Waals surface area contributed by atoms with Crippen molar-refractivity contribution >= 4 is 0 Å². The van der Waals surface area contributed by atoms with Crippen LogP contribution in [-0.2, 0) is 13.1 Å². The predicted molar refractivity (Wildman–Crippen MR) is 63.7 cm³/mol. The van der Waals surface area contributed by atoms with Gasteiger partial charge in [-0.15, -0.1) is 0 Å². The second-order valence-electron chi connectivity index (χ2n) is 4.41. The lowest BCUT2D eigenvalue weighted by Gasteiger charge is -2.23. The van der Waals surface area contributed by atoms with Gasteiger partial charge in [0.05, 0.1) is 0 Å². The molecule has 0 aromatic heterocycles. The van der Waals surface area contributed by atoms with Crippen LogP contribution < -0.4 is 5.32 Å². The Morgan fingerprint density at radius 1 is 1.27 bits per heavy atom.